The van der Waals surface area contributed by atoms with Crippen molar-refractivity contribution in [2.24, 2.45) is 0 Å². The number of benzene rings is 2. The lowest BCUT2D eigenvalue weighted by Gasteiger charge is -2.20. The van der Waals surface area contributed by atoms with E-state index in [1.165, 1.54) is 31.4 Å². The summed E-state index contributed by atoms with van der Waals surface area (Å²) in [6.07, 6.45) is -6.63. The predicted molar refractivity (Wildman–Crippen MR) is 144 cm³/mol. The molecule has 0 saturated heterocycles. The molecule has 0 spiro atoms. The molecule has 0 fully saturated rings. The van der Waals surface area contributed by atoms with Gasteiger partial charge in [0.25, 0.3) is 6.10 Å². The number of alkyl halides is 3. The Morgan fingerprint density at radius 2 is 1.37 bits per heavy atom. The van der Waals surface area contributed by atoms with Gasteiger partial charge in [0.05, 0.1) is 32.3 Å². The molecule has 0 heterocycles. The number of nitrogens with one attached hydrogen (secondary N) is 2. The van der Waals surface area contributed by atoms with Gasteiger partial charge in [0.15, 0.2) is 0 Å². The Hall–Kier alpha value is -4.62. The van der Waals surface area contributed by atoms with Crippen molar-refractivity contribution in [3.8, 4) is 5.75 Å². The number of methoxy groups -OCH3 is 1. The zero-order valence-corrected chi connectivity index (χ0v) is 23.8. The molecule has 2 aromatic carbocycles. The Bertz CT molecular complexity index is 1230. The minimum atomic E-state index is -4.50. The van der Waals surface area contributed by atoms with Crippen molar-refractivity contribution in [2.75, 3.05) is 20.3 Å². The number of carbonyl (C=O) groups is 5. The van der Waals surface area contributed by atoms with Crippen molar-refractivity contribution in [3.63, 3.8) is 0 Å². The standard InChI is InChI=1S/C29H33F3N2O9/c1-4-41-27(38)25(28(39)42-5-2)43-21-12-8-18(9-13-21)16-22(34-23(35)14-15-24(36)40-3)26(37)33-17-19-6-10-20(11-7-19)29(30,31)32/h6-13,22,25H,4-5,14-17H2,1-3H3,(H,33,37)(H,34,35)/t22-/m0/s1. The van der Waals surface area contributed by atoms with E-state index in [2.05, 4.69) is 15.4 Å². The van der Waals surface area contributed by atoms with Crippen LogP contribution >= 0.6 is 0 Å². The molecule has 0 bridgehead atoms. The molecule has 0 aliphatic carbocycles. The zero-order chi connectivity index (χ0) is 32.0. The van der Waals surface area contributed by atoms with Crippen LogP contribution in [0, 0.1) is 0 Å². The summed E-state index contributed by atoms with van der Waals surface area (Å²) in [5, 5.41) is 5.14. The first-order chi connectivity index (χ1) is 20.4. The fraction of sp³-hybridized carbons (Fsp3) is 0.414. The minimum absolute atomic E-state index is 0.0186. The molecular formula is C29H33F3N2O9. The van der Waals surface area contributed by atoms with E-state index in [1.54, 1.807) is 26.0 Å². The highest BCUT2D eigenvalue weighted by atomic mass is 19.4. The zero-order valence-electron chi connectivity index (χ0n) is 23.8. The lowest BCUT2D eigenvalue weighted by molar-refractivity contribution is -0.166. The maximum absolute atomic E-state index is 13.0. The molecule has 1 atom stereocenters. The third kappa shape index (κ3) is 11.6. The summed E-state index contributed by atoms with van der Waals surface area (Å²) in [6.45, 7) is 3.06. The third-order valence-electron chi connectivity index (χ3n) is 5.80. The largest absolute Gasteiger partial charge is 0.469 e. The van der Waals surface area contributed by atoms with Crippen molar-refractivity contribution >= 4 is 29.7 Å². The maximum Gasteiger partial charge on any atom is 0.416 e. The van der Waals surface area contributed by atoms with Gasteiger partial charge in [-0.25, -0.2) is 9.59 Å². The van der Waals surface area contributed by atoms with Crippen molar-refractivity contribution < 1.29 is 56.1 Å². The van der Waals surface area contributed by atoms with Gasteiger partial charge in [-0.1, -0.05) is 24.3 Å². The second kappa shape index (κ2) is 16.7. The van der Waals surface area contributed by atoms with Gasteiger partial charge in [-0.15, -0.1) is 0 Å². The van der Waals surface area contributed by atoms with Crippen LogP contribution in [0.5, 0.6) is 5.75 Å². The first-order valence-electron chi connectivity index (χ1n) is 13.3. The van der Waals surface area contributed by atoms with E-state index in [4.69, 9.17) is 14.2 Å². The van der Waals surface area contributed by atoms with Crippen LogP contribution in [0.2, 0.25) is 0 Å². The summed E-state index contributed by atoms with van der Waals surface area (Å²) in [7, 11) is 1.17. The van der Waals surface area contributed by atoms with Crippen LogP contribution in [0.3, 0.4) is 0 Å². The van der Waals surface area contributed by atoms with Crippen molar-refractivity contribution in [3.05, 3.63) is 65.2 Å². The Kier molecular flexibility index (Phi) is 13.5. The van der Waals surface area contributed by atoms with Crippen LogP contribution in [-0.4, -0.2) is 62.2 Å². The monoisotopic (exact) mass is 610 g/mol. The molecule has 0 radical (unpaired) electrons. The van der Waals surface area contributed by atoms with Gasteiger partial charge in [-0.3, -0.25) is 14.4 Å². The van der Waals surface area contributed by atoms with Gasteiger partial charge in [0.1, 0.15) is 11.8 Å². The van der Waals surface area contributed by atoms with E-state index in [9.17, 15) is 37.1 Å². The average Bonchev–Trinajstić information content (AvgIpc) is 2.97. The van der Waals surface area contributed by atoms with E-state index in [1.807, 2.05) is 0 Å². The first kappa shape index (κ1) is 34.6. The molecule has 234 valence electrons. The van der Waals surface area contributed by atoms with Gasteiger partial charge in [-0.2, -0.15) is 13.2 Å². The average molecular weight is 611 g/mol. The van der Waals surface area contributed by atoms with E-state index >= 15 is 0 Å². The summed E-state index contributed by atoms with van der Waals surface area (Å²) in [6, 6.07) is 9.08. The SMILES string of the molecule is CCOC(=O)C(Oc1ccc(C[C@H](NC(=O)CCC(=O)OC)C(=O)NCc2ccc(C(F)(F)F)cc2)cc1)C(=O)OCC. The van der Waals surface area contributed by atoms with Crippen molar-refractivity contribution in [1.82, 2.24) is 10.6 Å². The lowest BCUT2D eigenvalue weighted by atomic mass is 10.0. The van der Waals surface area contributed by atoms with Gasteiger partial charge in [0, 0.05) is 19.4 Å². The van der Waals surface area contributed by atoms with Gasteiger partial charge < -0.3 is 29.6 Å². The molecule has 0 saturated carbocycles. The normalized spacial score (nSPS) is 11.7. The van der Waals surface area contributed by atoms with E-state index < -0.39 is 53.6 Å². The molecule has 2 amide bonds. The Balaban J connectivity index is 2.15. The Labute approximate surface area is 246 Å². The molecule has 2 N–H and O–H groups in total. The second-order valence-corrected chi connectivity index (χ2v) is 8.96. The number of hydrogen-bond donors (Lipinski definition) is 2. The number of esters is 3. The second-order valence-electron chi connectivity index (χ2n) is 8.96. The number of halogens is 3. The molecule has 2 rings (SSSR count). The first-order valence-corrected chi connectivity index (χ1v) is 13.3. The van der Waals surface area contributed by atoms with Crippen molar-refractivity contribution in [1.29, 1.82) is 0 Å². The number of carbonyl (C=O) groups excluding carboxylic acids is 5. The van der Waals surface area contributed by atoms with Crippen LogP contribution in [-0.2, 0) is 57.3 Å². The Morgan fingerprint density at radius 3 is 1.88 bits per heavy atom. The molecule has 0 aliphatic rings. The summed E-state index contributed by atoms with van der Waals surface area (Å²) in [5.74, 6) is -3.57. The van der Waals surface area contributed by atoms with E-state index in [-0.39, 0.29) is 44.8 Å². The molecule has 0 unspecified atom stereocenters. The summed E-state index contributed by atoms with van der Waals surface area (Å²) in [4.78, 5) is 61.3. The van der Waals surface area contributed by atoms with Crippen LogP contribution in [0.4, 0.5) is 13.2 Å². The maximum atomic E-state index is 13.0. The summed E-state index contributed by atoms with van der Waals surface area (Å²) >= 11 is 0. The highest BCUT2D eigenvalue weighted by Crippen LogP contribution is 2.29. The molecular weight excluding hydrogens is 577 g/mol. The van der Waals surface area contributed by atoms with Gasteiger partial charge in [0.2, 0.25) is 11.8 Å². The molecule has 2 aromatic rings. The van der Waals surface area contributed by atoms with Crippen LogP contribution in [0.15, 0.2) is 48.5 Å². The van der Waals surface area contributed by atoms with E-state index in [0.29, 0.717) is 11.1 Å². The minimum Gasteiger partial charge on any atom is -0.469 e. The van der Waals surface area contributed by atoms with E-state index in [0.717, 1.165) is 12.1 Å². The fourth-order valence-corrected chi connectivity index (χ4v) is 3.62. The summed E-state index contributed by atoms with van der Waals surface area (Å²) < 4.78 is 58.3. The number of rotatable bonds is 15. The smallest absolute Gasteiger partial charge is 0.416 e. The van der Waals surface area contributed by atoms with Gasteiger partial charge >= 0.3 is 24.1 Å². The summed E-state index contributed by atoms with van der Waals surface area (Å²) in [5.41, 5.74) is 0.108. The van der Waals surface area contributed by atoms with Crippen LogP contribution in [0.25, 0.3) is 0 Å². The molecule has 11 nitrogen and oxygen atoms in total. The number of hydrogen-bond acceptors (Lipinski definition) is 9. The van der Waals surface area contributed by atoms with Gasteiger partial charge in [-0.05, 0) is 49.2 Å². The van der Waals surface area contributed by atoms with Crippen LogP contribution < -0.4 is 15.4 Å². The highest BCUT2D eigenvalue weighted by molar-refractivity contribution is 5.98. The molecule has 43 heavy (non-hydrogen) atoms. The number of amides is 2. The quantitative estimate of drug-likeness (QED) is 0.177. The Morgan fingerprint density at radius 1 is 0.814 bits per heavy atom. The lowest BCUT2D eigenvalue weighted by Crippen LogP contribution is -2.47. The topological polar surface area (TPSA) is 146 Å². The predicted octanol–water partition coefficient (Wildman–Crippen LogP) is 2.88. The molecule has 0 aliphatic heterocycles. The molecule has 0 aromatic heterocycles. The highest BCUT2D eigenvalue weighted by Gasteiger charge is 2.32. The fourth-order valence-electron chi connectivity index (χ4n) is 3.62. The van der Waals surface area contributed by atoms with Crippen molar-refractivity contribution in [2.45, 2.75) is 58.0 Å². The third-order valence-corrected chi connectivity index (χ3v) is 5.80. The van der Waals surface area contributed by atoms with Crippen LogP contribution in [0.1, 0.15) is 43.4 Å². The molecule has 14 heteroatoms. The number of ether oxygens (including phenoxy) is 4.